The largest absolute Gasteiger partial charge is 0.451 e. The fourth-order valence-electron chi connectivity index (χ4n) is 1.68. The molecule has 1 rings (SSSR count). The van der Waals surface area contributed by atoms with Crippen LogP contribution in [0.25, 0.3) is 0 Å². The van der Waals surface area contributed by atoms with Gasteiger partial charge < -0.3 is 0 Å². The molecule has 1 heterocycles. The monoisotopic (exact) mass is 257 g/mol. The highest BCUT2D eigenvalue weighted by Crippen LogP contribution is 2.27. The number of hydrogen-bond donors (Lipinski definition) is 1. The molecule has 92 valence electrons. The highest BCUT2D eigenvalue weighted by Gasteiger charge is 2.47. The van der Waals surface area contributed by atoms with Gasteiger partial charge >= 0.3 is 6.18 Å². The molecule has 1 N–H and O–H groups in total. The molecule has 3 unspecified atom stereocenters. The normalized spacial score (nSPS) is 31.6. The Balaban J connectivity index is 2.78. The number of carbonyl (C=O) groups excluding carboxylic acids is 2. The molecular weight excluding hydrogens is 247 g/mol. The summed E-state index contributed by atoms with van der Waals surface area (Å²) in [6.45, 7) is 1.67. The minimum Gasteiger partial charge on any atom is -0.296 e. The number of Topliss-reactive ketones (excluding diaryl/α,β-unsaturated/α-hetero) is 2. The SMILES string of the molecule is CCC1CC(C(=O)C(F)(F)F)NC(Cl)C1=O. The number of hydrogen-bond acceptors (Lipinski definition) is 3. The first-order valence-corrected chi connectivity index (χ1v) is 5.26. The van der Waals surface area contributed by atoms with Crippen LogP contribution in [0.2, 0.25) is 0 Å². The topological polar surface area (TPSA) is 46.2 Å². The van der Waals surface area contributed by atoms with Crippen LogP contribution < -0.4 is 5.32 Å². The van der Waals surface area contributed by atoms with Crippen molar-refractivity contribution in [2.75, 3.05) is 0 Å². The minimum absolute atomic E-state index is 0.142. The summed E-state index contributed by atoms with van der Waals surface area (Å²) in [4.78, 5) is 22.4. The molecule has 1 aliphatic rings. The van der Waals surface area contributed by atoms with E-state index in [-0.39, 0.29) is 12.2 Å². The van der Waals surface area contributed by atoms with Crippen LogP contribution in [0.5, 0.6) is 0 Å². The average Bonchev–Trinajstić information content (AvgIpc) is 2.19. The quantitative estimate of drug-likeness (QED) is 0.604. The molecule has 7 heteroatoms. The molecule has 3 nitrogen and oxygen atoms in total. The molecule has 0 bridgehead atoms. The average molecular weight is 258 g/mol. The van der Waals surface area contributed by atoms with Gasteiger partial charge in [-0.3, -0.25) is 14.9 Å². The number of ketones is 2. The molecule has 1 fully saturated rings. The van der Waals surface area contributed by atoms with Crippen LogP contribution in [0, 0.1) is 5.92 Å². The number of carbonyl (C=O) groups is 2. The zero-order valence-corrected chi connectivity index (χ0v) is 9.23. The second kappa shape index (κ2) is 4.71. The molecule has 0 aromatic rings. The van der Waals surface area contributed by atoms with E-state index in [0.29, 0.717) is 6.42 Å². The van der Waals surface area contributed by atoms with Gasteiger partial charge in [-0.2, -0.15) is 13.2 Å². The van der Waals surface area contributed by atoms with E-state index in [1.807, 2.05) is 0 Å². The summed E-state index contributed by atoms with van der Waals surface area (Å²) in [5, 5.41) is 2.18. The van der Waals surface area contributed by atoms with E-state index in [0.717, 1.165) is 0 Å². The van der Waals surface area contributed by atoms with Gasteiger partial charge in [-0.1, -0.05) is 18.5 Å². The Morgan fingerprint density at radius 2 is 2.12 bits per heavy atom. The van der Waals surface area contributed by atoms with E-state index < -0.39 is 29.4 Å². The Morgan fingerprint density at radius 3 is 2.56 bits per heavy atom. The van der Waals surface area contributed by atoms with Crippen molar-refractivity contribution in [2.24, 2.45) is 5.92 Å². The predicted octanol–water partition coefficient (Wildman–Crippen LogP) is 1.64. The summed E-state index contributed by atoms with van der Waals surface area (Å²) in [6, 6.07) is -1.41. The van der Waals surface area contributed by atoms with Crippen molar-refractivity contribution in [2.45, 2.75) is 37.5 Å². The lowest BCUT2D eigenvalue weighted by Crippen LogP contribution is -2.55. The number of alkyl halides is 4. The van der Waals surface area contributed by atoms with Crippen LogP contribution in [-0.2, 0) is 9.59 Å². The van der Waals surface area contributed by atoms with Crippen molar-refractivity contribution in [3.05, 3.63) is 0 Å². The van der Waals surface area contributed by atoms with Gasteiger partial charge in [0.25, 0.3) is 5.78 Å². The van der Waals surface area contributed by atoms with Crippen LogP contribution >= 0.6 is 11.6 Å². The molecule has 0 spiro atoms. The number of rotatable bonds is 2. The van der Waals surface area contributed by atoms with E-state index in [1.165, 1.54) is 0 Å². The summed E-state index contributed by atoms with van der Waals surface area (Å²) >= 11 is 5.55. The predicted molar refractivity (Wildman–Crippen MR) is 51.0 cm³/mol. The maximum absolute atomic E-state index is 12.2. The Kier molecular flexibility index (Phi) is 3.96. The van der Waals surface area contributed by atoms with Crippen LogP contribution in [-0.4, -0.2) is 29.3 Å². The first kappa shape index (κ1) is 13.4. The van der Waals surface area contributed by atoms with E-state index in [4.69, 9.17) is 11.6 Å². The number of piperidine rings is 1. The van der Waals surface area contributed by atoms with Crippen molar-refractivity contribution in [3.63, 3.8) is 0 Å². The van der Waals surface area contributed by atoms with E-state index in [2.05, 4.69) is 5.32 Å². The van der Waals surface area contributed by atoms with Crippen LogP contribution in [0.1, 0.15) is 19.8 Å². The molecule has 0 radical (unpaired) electrons. The molecule has 0 aromatic carbocycles. The summed E-state index contributed by atoms with van der Waals surface area (Å²) in [5.74, 6) is -2.81. The lowest BCUT2D eigenvalue weighted by atomic mass is 9.87. The number of halogens is 4. The zero-order chi connectivity index (χ0) is 12.5. The maximum atomic E-state index is 12.2. The first-order chi connectivity index (χ1) is 7.27. The van der Waals surface area contributed by atoms with Gasteiger partial charge in [0.05, 0.1) is 6.04 Å². The molecule has 0 aromatic heterocycles. The van der Waals surface area contributed by atoms with E-state index >= 15 is 0 Å². The smallest absolute Gasteiger partial charge is 0.296 e. The highest BCUT2D eigenvalue weighted by molar-refractivity contribution is 6.31. The van der Waals surface area contributed by atoms with Crippen molar-refractivity contribution >= 4 is 23.2 Å². The van der Waals surface area contributed by atoms with Crippen LogP contribution in [0.3, 0.4) is 0 Å². The fraction of sp³-hybridized carbons (Fsp3) is 0.778. The Morgan fingerprint density at radius 1 is 1.56 bits per heavy atom. The zero-order valence-electron chi connectivity index (χ0n) is 8.47. The van der Waals surface area contributed by atoms with Crippen molar-refractivity contribution in [3.8, 4) is 0 Å². The van der Waals surface area contributed by atoms with Gasteiger partial charge in [-0.15, -0.1) is 0 Å². The lowest BCUT2D eigenvalue weighted by Gasteiger charge is -2.31. The molecule has 16 heavy (non-hydrogen) atoms. The minimum atomic E-state index is -4.90. The van der Waals surface area contributed by atoms with E-state index in [1.54, 1.807) is 6.92 Å². The van der Waals surface area contributed by atoms with Crippen molar-refractivity contribution < 1.29 is 22.8 Å². The van der Waals surface area contributed by atoms with Gasteiger partial charge in [0.1, 0.15) is 5.50 Å². The fourth-order valence-corrected chi connectivity index (χ4v) is 2.01. The molecular formula is C9H11ClF3NO2. The molecule has 0 aliphatic carbocycles. The third-order valence-corrected chi connectivity index (χ3v) is 2.95. The van der Waals surface area contributed by atoms with Gasteiger partial charge in [-0.05, 0) is 12.8 Å². The molecule has 0 amide bonds. The molecule has 1 aliphatic heterocycles. The molecule has 3 atom stereocenters. The lowest BCUT2D eigenvalue weighted by molar-refractivity contribution is -0.174. The van der Waals surface area contributed by atoms with E-state index in [9.17, 15) is 22.8 Å². The van der Waals surface area contributed by atoms with Gasteiger partial charge in [0.15, 0.2) is 5.78 Å². The van der Waals surface area contributed by atoms with Gasteiger partial charge in [0.2, 0.25) is 0 Å². The summed E-state index contributed by atoms with van der Waals surface area (Å²) in [6.07, 6.45) is -4.66. The highest BCUT2D eigenvalue weighted by atomic mass is 35.5. The van der Waals surface area contributed by atoms with Crippen LogP contribution in [0.4, 0.5) is 13.2 Å². The first-order valence-electron chi connectivity index (χ1n) is 4.82. The van der Waals surface area contributed by atoms with Crippen molar-refractivity contribution in [1.82, 2.24) is 5.32 Å². The Labute approximate surface area is 95.3 Å². The molecule has 0 saturated carbocycles. The Hall–Kier alpha value is -0.620. The summed E-state index contributed by atoms with van der Waals surface area (Å²) in [7, 11) is 0. The van der Waals surface area contributed by atoms with Crippen molar-refractivity contribution in [1.29, 1.82) is 0 Å². The Bertz CT molecular complexity index is 306. The standard InChI is InChI=1S/C9H11ClF3NO2/c1-2-4-3-5(7(16)9(11,12)13)14-8(10)6(4)15/h4-5,8,14H,2-3H2,1H3. The third-order valence-electron chi connectivity index (χ3n) is 2.61. The molecule has 1 saturated heterocycles. The van der Waals surface area contributed by atoms with Crippen LogP contribution in [0.15, 0.2) is 0 Å². The number of nitrogens with one attached hydrogen (secondary N) is 1. The summed E-state index contributed by atoms with van der Waals surface area (Å²) < 4.78 is 36.5. The third kappa shape index (κ3) is 2.74. The second-order valence-electron chi connectivity index (χ2n) is 3.69. The maximum Gasteiger partial charge on any atom is 0.451 e. The van der Waals surface area contributed by atoms with Gasteiger partial charge in [0, 0.05) is 5.92 Å². The summed E-state index contributed by atoms with van der Waals surface area (Å²) in [5.41, 5.74) is -1.21. The van der Waals surface area contributed by atoms with Gasteiger partial charge in [-0.25, -0.2) is 0 Å². The second-order valence-corrected chi connectivity index (χ2v) is 4.12.